The van der Waals surface area contributed by atoms with Crippen molar-refractivity contribution in [1.82, 2.24) is 0 Å². The van der Waals surface area contributed by atoms with Gasteiger partial charge in [0.25, 0.3) is 0 Å². The van der Waals surface area contributed by atoms with Crippen LogP contribution in [0, 0.1) is 25.7 Å². The normalized spacial score (nSPS) is 14.0. The zero-order valence-electron chi connectivity index (χ0n) is 33.1. The number of aryl methyl sites for hydroxylation is 2. The van der Waals surface area contributed by atoms with E-state index < -0.39 is 21.3 Å². The van der Waals surface area contributed by atoms with Crippen LogP contribution in [0.2, 0.25) is 0 Å². The van der Waals surface area contributed by atoms with Crippen LogP contribution in [0.5, 0.6) is 0 Å². The first-order valence-electron chi connectivity index (χ1n) is 19.1. The molecule has 0 spiro atoms. The summed E-state index contributed by atoms with van der Waals surface area (Å²) < 4.78 is 5.44. The molecule has 0 nitrogen and oxygen atoms in total. The van der Waals surface area contributed by atoms with E-state index in [2.05, 4.69) is 168 Å². The number of allylic oxidation sites excluding steroid dienone is 4. The molecule has 0 saturated carbocycles. The first-order valence-corrected chi connectivity index (χ1v) is 22.8. The summed E-state index contributed by atoms with van der Waals surface area (Å²) in [5.41, 5.74) is 17.4. The van der Waals surface area contributed by atoms with Crippen LogP contribution in [0.1, 0.15) is 122 Å². The molecule has 50 heavy (non-hydrogen) atoms. The molecule has 0 bridgehead atoms. The van der Waals surface area contributed by atoms with Crippen molar-refractivity contribution in [2.45, 2.75) is 120 Å². The van der Waals surface area contributed by atoms with Crippen molar-refractivity contribution in [3.8, 4) is 33.4 Å². The molecule has 0 heterocycles. The van der Waals surface area contributed by atoms with Crippen LogP contribution in [0.15, 0.2) is 88.2 Å². The fraction of sp³-hybridized carbons (Fsp3) is 0.408. The monoisotopic (exact) mass is 738 g/mol. The third kappa shape index (κ3) is 7.51. The summed E-state index contributed by atoms with van der Waals surface area (Å²) >= 11 is -2.64. The Hall–Kier alpha value is -2.89. The summed E-state index contributed by atoms with van der Waals surface area (Å²) in [6, 6.07) is 26.6. The summed E-state index contributed by atoms with van der Waals surface area (Å²) in [4.78, 5) is 0. The maximum absolute atomic E-state index is 2.64. The van der Waals surface area contributed by atoms with Gasteiger partial charge in [-0.1, -0.05) is 0 Å². The molecule has 0 atom stereocenters. The Labute approximate surface area is 312 Å². The van der Waals surface area contributed by atoms with Gasteiger partial charge in [-0.2, -0.15) is 0 Å². The summed E-state index contributed by atoms with van der Waals surface area (Å²) in [5, 5.41) is 0. The first-order chi connectivity index (χ1) is 23.5. The van der Waals surface area contributed by atoms with Crippen LogP contribution in [0.25, 0.3) is 33.4 Å². The topological polar surface area (TPSA) is 0 Å². The summed E-state index contributed by atoms with van der Waals surface area (Å²) in [6.07, 6.45) is 11.9. The third-order valence-corrected chi connectivity index (χ3v) is 18.5. The van der Waals surface area contributed by atoms with Crippen molar-refractivity contribution in [2.75, 3.05) is 0 Å². The minimum atomic E-state index is -2.64. The van der Waals surface area contributed by atoms with Crippen molar-refractivity contribution >= 4 is 6.48 Å². The van der Waals surface area contributed by atoms with Crippen LogP contribution in [0.3, 0.4) is 0 Å². The van der Waals surface area contributed by atoms with Crippen LogP contribution in [-0.4, -0.2) is 3.21 Å². The average Bonchev–Trinajstić information content (AvgIpc) is 3.68. The van der Waals surface area contributed by atoms with Crippen LogP contribution in [0.4, 0.5) is 0 Å². The van der Waals surface area contributed by atoms with E-state index in [1.54, 1.807) is 17.7 Å². The molecule has 1 heteroatoms. The van der Waals surface area contributed by atoms with E-state index in [0.717, 1.165) is 12.8 Å². The molecule has 2 aliphatic carbocycles. The second-order valence-corrected chi connectivity index (χ2v) is 24.6. The molecular weight excluding hydrogens is 680 g/mol. The van der Waals surface area contributed by atoms with Gasteiger partial charge >= 0.3 is 314 Å². The third-order valence-electron chi connectivity index (χ3n) is 10.7. The summed E-state index contributed by atoms with van der Waals surface area (Å²) in [6.45, 7) is 28.7. The van der Waals surface area contributed by atoms with E-state index in [0.29, 0.717) is 11.8 Å². The van der Waals surface area contributed by atoms with Crippen molar-refractivity contribution in [2.24, 2.45) is 11.8 Å². The van der Waals surface area contributed by atoms with Crippen LogP contribution < -0.4 is 3.27 Å². The molecule has 0 radical (unpaired) electrons. The van der Waals surface area contributed by atoms with Gasteiger partial charge in [-0.3, -0.25) is 0 Å². The Balaban J connectivity index is 1.77. The molecule has 0 saturated heterocycles. The number of hydrogen-bond donors (Lipinski definition) is 0. The van der Waals surface area contributed by atoms with E-state index in [1.165, 1.54) is 68.5 Å². The number of benzene rings is 4. The summed E-state index contributed by atoms with van der Waals surface area (Å²) in [7, 11) is 0. The Morgan fingerprint density at radius 1 is 0.660 bits per heavy atom. The Morgan fingerprint density at radius 2 is 1.20 bits per heavy atom. The number of fused-ring (bicyclic) bond motifs is 3. The maximum atomic E-state index is 2.64. The summed E-state index contributed by atoms with van der Waals surface area (Å²) in [5.74, 6) is 1.30. The van der Waals surface area contributed by atoms with E-state index in [1.807, 2.05) is 3.21 Å². The van der Waals surface area contributed by atoms with Crippen molar-refractivity contribution < 1.29 is 21.3 Å². The predicted molar refractivity (Wildman–Crippen MR) is 218 cm³/mol. The molecule has 0 fully saturated rings. The SMILES string of the molecule is Cc1ccc(-c2cc3c(cc2C(C)(C)C)-c2cc(C(C)(C)C)c(-c4ccc(C)cc4)[c]([Zr]([C]4=CC=CC4)=[C](CC(C)C)CC(C)C)c2C3)cc1. The van der Waals surface area contributed by atoms with Gasteiger partial charge in [0.15, 0.2) is 0 Å². The molecular formula is C49H60Zr. The fourth-order valence-corrected chi connectivity index (χ4v) is 18.1. The standard InChI is InChI=1S/C35H37.C9H18.C5H5.Zr/c1-22-9-13-24(14-10-22)30-18-26-17-27-19-31(25-15-11-23(2)12-16-25)33(35(6,7)8)21-29(27)28(26)20-32(30)34(3,4)5;1-8(2)6-5-7-9(3)4;1-2-4-5-3-1;/h9-16,18,20-21H,17H2,1-8H3;8-9H,6-7H2,1-4H3;1-3H,4H2;. The fourth-order valence-electron chi connectivity index (χ4n) is 8.33. The second-order valence-electron chi connectivity index (χ2n) is 18.2. The van der Waals surface area contributed by atoms with Gasteiger partial charge < -0.3 is 0 Å². The van der Waals surface area contributed by atoms with Crippen molar-refractivity contribution in [3.63, 3.8) is 0 Å². The molecule has 6 rings (SSSR count). The predicted octanol–water partition coefficient (Wildman–Crippen LogP) is 13.2. The van der Waals surface area contributed by atoms with Gasteiger partial charge in [-0.15, -0.1) is 0 Å². The van der Waals surface area contributed by atoms with E-state index in [9.17, 15) is 0 Å². The van der Waals surface area contributed by atoms with E-state index >= 15 is 0 Å². The van der Waals surface area contributed by atoms with Gasteiger partial charge in [0.2, 0.25) is 0 Å². The van der Waals surface area contributed by atoms with Crippen molar-refractivity contribution in [3.05, 3.63) is 122 Å². The average molecular weight is 740 g/mol. The van der Waals surface area contributed by atoms with E-state index in [-0.39, 0.29) is 10.8 Å². The molecule has 0 aromatic heterocycles. The molecule has 0 unspecified atom stereocenters. The Bertz CT molecular complexity index is 1980. The molecule has 0 amide bonds. The van der Waals surface area contributed by atoms with Gasteiger partial charge in [0.1, 0.15) is 0 Å². The zero-order chi connectivity index (χ0) is 36.1. The molecule has 0 N–H and O–H groups in total. The zero-order valence-corrected chi connectivity index (χ0v) is 35.5. The Kier molecular flexibility index (Phi) is 10.5. The molecule has 4 aromatic carbocycles. The van der Waals surface area contributed by atoms with Crippen molar-refractivity contribution in [1.29, 1.82) is 0 Å². The Morgan fingerprint density at radius 3 is 1.70 bits per heavy atom. The quantitative estimate of drug-likeness (QED) is 0.149. The van der Waals surface area contributed by atoms with Crippen LogP contribution >= 0.6 is 0 Å². The molecule has 0 aliphatic heterocycles. The van der Waals surface area contributed by atoms with Gasteiger partial charge in [-0.05, 0) is 0 Å². The van der Waals surface area contributed by atoms with E-state index in [4.69, 9.17) is 0 Å². The molecule has 260 valence electrons. The first kappa shape index (κ1) is 36.9. The molecule has 2 aliphatic rings. The molecule has 4 aromatic rings. The van der Waals surface area contributed by atoms with Gasteiger partial charge in [0.05, 0.1) is 0 Å². The van der Waals surface area contributed by atoms with Gasteiger partial charge in [-0.25, -0.2) is 0 Å². The van der Waals surface area contributed by atoms with Crippen LogP contribution in [-0.2, 0) is 38.5 Å². The number of hydrogen-bond acceptors (Lipinski definition) is 0. The van der Waals surface area contributed by atoms with Gasteiger partial charge in [0, 0.05) is 0 Å². The minimum absolute atomic E-state index is 0.00567. The second kappa shape index (κ2) is 14.3. The number of rotatable bonds is 8.